The molecule has 2 fully saturated rings. The summed E-state index contributed by atoms with van der Waals surface area (Å²) in [5.41, 5.74) is 2.42. The third-order valence-corrected chi connectivity index (χ3v) is 4.04. The normalized spacial score (nSPS) is 19.0. The zero-order valence-corrected chi connectivity index (χ0v) is 12.8. The second kappa shape index (κ2) is 6.23. The molecule has 2 aliphatic carbocycles. The van der Waals surface area contributed by atoms with E-state index in [0.29, 0.717) is 0 Å². The van der Waals surface area contributed by atoms with Gasteiger partial charge < -0.3 is 5.32 Å². The van der Waals surface area contributed by atoms with E-state index in [1.807, 2.05) is 0 Å². The summed E-state index contributed by atoms with van der Waals surface area (Å²) in [5.74, 6) is 0.732. The Kier molecular flexibility index (Phi) is 4.37. The van der Waals surface area contributed by atoms with Crippen LogP contribution in [0.5, 0.6) is 0 Å². The van der Waals surface area contributed by atoms with Crippen molar-refractivity contribution in [3.8, 4) is 0 Å². The zero-order chi connectivity index (χ0) is 13.9. The van der Waals surface area contributed by atoms with Crippen molar-refractivity contribution in [1.29, 1.82) is 0 Å². The van der Waals surface area contributed by atoms with Gasteiger partial charge in [0.2, 0.25) is 0 Å². The summed E-state index contributed by atoms with van der Waals surface area (Å²) in [4.78, 5) is 7.44. The Hall–Kier alpha value is -0.930. The maximum absolute atomic E-state index is 4.83. The molecule has 2 aliphatic rings. The number of hydrogen-bond donors (Lipinski definition) is 1. The van der Waals surface area contributed by atoms with Gasteiger partial charge in [-0.25, -0.2) is 0 Å². The third-order valence-electron chi connectivity index (χ3n) is 4.04. The Morgan fingerprint density at radius 1 is 1.20 bits per heavy atom. The van der Waals surface area contributed by atoms with Crippen LogP contribution < -0.4 is 5.32 Å². The van der Waals surface area contributed by atoms with Crippen molar-refractivity contribution in [2.75, 3.05) is 6.54 Å². The zero-order valence-electron chi connectivity index (χ0n) is 12.8. The van der Waals surface area contributed by atoms with Crippen LogP contribution in [0.3, 0.4) is 0 Å². The predicted molar refractivity (Wildman–Crippen MR) is 82.4 cm³/mol. The monoisotopic (exact) mass is 273 g/mol. The molecule has 110 valence electrons. The summed E-state index contributed by atoms with van der Waals surface area (Å²) in [6.45, 7) is 7.74. The van der Waals surface area contributed by atoms with Gasteiger partial charge in [0.15, 0.2) is 0 Å². The quantitative estimate of drug-likeness (QED) is 0.789. The van der Waals surface area contributed by atoms with E-state index < -0.39 is 0 Å². The highest BCUT2D eigenvalue weighted by Gasteiger charge is 2.29. The summed E-state index contributed by atoms with van der Waals surface area (Å²) in [7, 11) is 0. The van der Waals surface area contributed by atoms with Gasteiger partial charge in [-0.1, -0.05) is 19.9 Å². The van der Waals surface area contributed by atoms with Gasteiger partial charge >= 0.3 is 0 Å². The van der Waals surface area contributed by atoms with E-state index in [9.17, 15) is 0 Å². The Labute approximate surface area is 122 Å². The molecule has 3 rings (SSSR count). The number of pyridine rings is 1. The highest BCUT2D eigenvalue weighted by Crippen LogP contribution is 2.28. The molecule has 1 heterocycles. The van der Waals surface area contributed by atoms with E-state index in [2.05, 4.69) is 42.3 Å². The van der Waals surface area contributed by atoms with Crippen LogP contribution in [0, 0.1) is 5.92 Å². The van der Waals surface area contributed by atoms with E-state index in [1.165, 1.54) is 43.6 Å². The third kappa shape index (κ3) is 4.29. The van der Waals surface area contributed by atoms with Gasteiger partial charge in [0.1, 0.15) is 0 Å². The van der Waals surface area contributed by atoms with Gasteiger partial charge in [0.25, 0.3) is 0 Å². The van der Waals surface area contributed by atoms with Crippen LogP contribution in [-0.4, -0.2) is 28.5 Å². The van der Waals surface area contributed by atoms with E-state index in [4.69, 9.17) is 4.98 Å². The molecule has 20 heavy (non-hydrogen) atoms. The predicted octanol–water partition coefficient (Wildman–Crippen LogP) is 2.95. The lowest BCUT2D eigenvalue weighted by atomic mass is 10.2. The van der Waals surface area contributed by atoms with Crippen LogP contribution >= 0.6 is 0 Å². The first-order chi connectivity index (χ1) is 9.70. The van der Waals surface area contributed by atoms with Crippen molar-refractivity contribution in [3.05, 3.63) is 29.6 Å². The molecule has 1 N–H and O–H groups in total. The van der Waals surface area contributed by atoms with Gasteiger partial charge in [-0.05, 0) is 43.7 Å². The summed E-state index contributed by atoms with van der Waals surface area (Å²) < 4.78 is 0. The molecule has 1 aromatic rings. The number of nitrogens with zero attached hydrogens (tertiary/aromatic N) is 2. The van der Waals surface area contributed by atoms with Crippen LogP contribution in [0.2, 0.25) is 0 Å². The van der Waals surface area contributed by atoms with Gasteiger partial charge in [0.05, 0.1) is 11.4 Å². The second-order valence-corrected chi connectivity index (χ2v) is 6.83. The Balaban J connectivity index is 1.58. The van der Waals surface area contributed by atoms with E-state index >= 15 is 0 Å². The molecule has 0 saturated heterocycles. The van der Waals surface area contributed by atoms with Crippen molar-refractivity contribution in [1.82, 2.24) is 15.2 Å². The van der Waals surface area contributed by atoms with E-state index in [1.54, 1.807) is 0 Å². The highest BCUT2D eigenvalue weighted by atomic mass is 15.2. The summed E-state index contributed by atoms with van der Waals surface area (Å²) in [6, 6.07) is 8.04. The topological polar surface area (TPSA) is 28.2 Å². The van der Waals surface area contributed by atoms with Crippen molar-refractivity contribution in [3.63, 3.8) is 0 Å². The minimum Gasteiger partial charge on any atom is -0.308 e. The number of rotatable bonds is 8. The molecule has 1 aromatic heterocycles. The van der Waals surface area contributed by atoms with Crippen LogP contribution in [0.1, 0.15) is 50.9 Å². The van der Waals surface area contributed by atoms with Crippen LogP contribution in [0.4, 0.5) is 0 Å². The maximum Gasteiger partial charge on any atom is 0.0547 e. The molecule has 0 radical (unpaired) electrons. The number of nitrogens with one attached hydrogen (secondary N) is 1. The minimum absolute atomic E-state index is 0.732. The molecular formula is C17H27N3. The fourth-order valence-electron chi connectivity index (χ4n) is 2.71. The van der Waals surface area contributed by atoms with Gasteiger partial charge in [0, 0.05) is 31.7 Å². The Morgan fingerprint density at radius 2 is 1.95 bits per heavy atom. The lowest BCUT2D eigenvalue weighted by Crippen LogP contribution is -2.30. The van der Waals surface area contributed by atoms with Crippen molar-refractivity contribution in [2.45, 2.75) is 64.7 Å². The SMILES string of the molecule is CC(C)CN(Cc1cccc(CNC2CC2)n1)C1CC1. The number of hydrogen-bond acceptors (Lipinski definition) is 3. The summed E-state index contributed by atoms with van der Waals surface area (Å²) in [5, 5.41) is 3.54. The second-order valence-electron chi connectivity index (χ2n) is 6.83. The molecule has 0 aromatic carbocycles. The smallest absolute Gasteiger partial charge is 0.0547 e. The fraction of sp³-hybridized carbons (Fsp3) is 0.706. The van der Waals surface area contributed by atoms with Gasteiger partial charge in [-0.15, -0.1) is 0 Å². The summed E-state index contributed by atoms with van der Waals surface area (Å²) in [6.07, 6.45) is 5.42. The first-order valence-electron chi connectivity index (χ1n) is 8.13. The molecule has 0 spiro atoms. The largest absolute Gasteiger partial charge is 0.308 e. The van der Waals surface area contributed by atoms with Crippen molar-refractivity contribution in [2.24, 2.45) is 5.92 Å². The molecule has 0 atom stereocenters. The molecule has 0 amide bonds. The van der Waals surface area contributed by atoms with E-state index in [-0.39, 0.29) is 0 Å². The Bertz CT molecular complexity index is 436. The molecule has 0 bridgehead atoms. The van der Waals surface area contributed by atoms with Crippen LogP contribution in [-0.2, 0) is 13.1 Å². The van der Waals surface area contributed by atoms with E-state index in [0.717, 1.165) is 31.1 Å². The number of aromatic nitrogens is 1. The van der Waals surface area contributed by atoms with Gasteiger partial charge in [-0.3, -0.25) is 9.88 Å². The van der Waals surface area contributed by atoms with Crippen molar-refractivity contribution < 1.29 is 0 Å². The molecule has 0 aliphatic heterocycles. The fourth-order valence-corrected chi connectivity index (χ4v) is 2.71. The van der Waals surface area contributed by atoms with Gasteiger partial charge in [-0.2, -0.15) is 0 Å². The van der Waals surface area contributed by atoms with Crippen LogP contribution in [0.15, 0.2) is 18.2 Å². The van der Waals surface area contributed by atoms with Crippen molar-refractivity contribution >= 4 is 0 Å². The maximum atomic E-state index is 4.83. The average Bonchev–Trinajstić information content (AvgIpc) is 3.28. The molecule has 0 unspecified atom stereocenters. The van der Waals surface area contributed by atoms with Crippen LogP contribution in [0.25, 0.3) is 0 Å². The molecule has 3 nitrogen and oxygen atoms in total. The minimum atomic E-state index is 0.732. The Morgan fingerprint density at radius 3 is 2.60 bits per heavy atom. The first-order valence-corrected chi connectivity index (χ1v) is 8.13. The standard InChI is InChI=1S/C17H27N3/c1-13(2)11-20(17-8-9-17)12-16-5-3-4-15(19-16)10-18-14-6-7-14/h3-5,13-14,17-18H,6-12H2,1-2H3. The molecule has 3 heteroatoms. The average molecular weight is 273 g/mol. The lowest BCUT2D eigenvalue weighted by Gasteiger charge is -2.23. The molecule has 2 saturated carbocycles. The lowest BCUT2D eigenvalue weighted by molar-refractivity contribution is 0.223. The highest BCUT2D eigenvalue weighted by molar-refractivity contribution is 5.12. The summed E-state index contributed by atoms with van der Waals surface area (Å²) >= 11 is 0. The first kappa shape index (κ1) is 14.0. The molecular weight excluding hydrogens is 246 g/mol.